The van der Waals surface area contributed by atoms with E-state index in [0.717, 1.165) is 5.56 Å². The number of aromatic nitrogens is 3. The lowest BCUT2D eigenvalue weighted by atomic mass is 10.2. The number of rotatable bonds is 4. The second-order valence-corrected chi connectivity index (χ2v) is 3.91. The Morgan fingerprint density at radius 3 is 2.83 bits per heavy atom. The summed E-state index contributed by atoms with van der Waals surface area (Å²) in [6.07, 6.45) is -0.510. The molecule has 1 amide bonds. The van der Waals surface area contributed by atoms with Crippen molar-refractivity contribution in [1.29, 1.82) is 0 Å². The van der Waals surface area contributed by atoms with Crippen LogP contribution in [-0.2, 0) is 17.9 Å². The number of amides is 1. The summed E-state index contributed by atoms with van der Waals surface area (Å²) in [6.45, 7) is 0.434. The summed E-state index contributed by atoms with van der Waals surface area (Å²) < 4.78 is 5.02. The van der Waals surface area contributed by atoms with Crippen molar-refractivity contribution in [2.75, 3.05) is 0 Å². The minimum Gasteiger partial charge on any atom is -0.445 e. The third kappa shape index (κ3) is 3.77. The topological polar surface area (TPSA) is 79.9 Å². The van der Waals surface area contributed by atoms with Gasteiger partial charge in [0.05, 0.1) is 6.54 Å². The molecule has 0 saturated carbocycles. The fraction of sp³-hybridized carbons (Fsp3) is 0.182. The maximum absolute atomic E-state index is 11.4. The first-order chi connectivity index (χ1) is 8.74. The SMILES string of the molecule is O=C(NCc1n[nH]c(S)n1)OCc1ccccc1. The van der Waals surface area contributed by atoms with Crippen molar-refractivity contribution in [2.45, 2.75) is 18.3 Å². The van der Waals surface area contributed by atoms with Crippen LogP contribution in [0.15, 0.2) is 35.5 Å². The molecule has 0 aliphatic heterocycles. The molecule has 0 bridgehead atoms. The monoisotopic (exact) mass is 264 g/mol. The summed E-state index contributed by atoms with van der Waals surface area (Å²) in [5.41, 5.74) is 0.934. The normalized spacial score (nSPS) is 10.1. The number of H-pyrrole nitrogens is 1. The van der Waals surface area contributed by atoms with Crippen LogP contribution in [0.4, 0.5) is 4.79 Å². The lowest BCUT2D eigenvalue weighted by Crippen LogP contribution is -2.24. The van der Waals surface area contributed by atoms with Gasteiger partial charge in [0.25, 0.3) is 0 Å². The van der Waals surface area contributed by atoms with Crippen molar-refractivity contribution in [1.82, 2.24) is 20.5 Å². The van der Waals surface area contributed by atoms with Gasteiger partial charge in [0.2, 0.25) is 0 Å². The summed E-state index contributed by atoms with van der Waals surface area (Å²) in [6, 6.07) is 9.45. The Morgan fingerprint density at radius 2 is 2.17 bits per heavy atom. The molecular weight excluding hydrogens is 252 g/mol. The van der Waals surface area contributed by atoms with Crippen molar-refractivity contribution in [3.05, 3.63) is 41.7 Å². The fourth-order valence-corrected chi connectivity index (χ4v) is 1.46. The maximum atomic E-state index is 11.4. The van der Waals surface area contributed by atoms with Crippen molar-refractivity contribution in [3.63, 3.8) is 0 Å². The highest BCUT2D eigenvalue weighted by Crippen LogP contribution is 2.01. The second-order valence-electron chi connectivity index (χ2n) is 3.49. The molecule has 6 nitrogen and oxygen atoms in total. The van der Waals surface area contributed by atoms with E-state index >= 15 is 0 Å². The van der Waals surface area contributed by atoms with Crippen LogP contribution in [0.2, 0.25) is 0 Å². The first-order valence-electron chi connectivity index (χ1n) is 5.29. The molecular formula is C11H12N4O2S. The van der Waals surface area contributed by atoms with Gasteiger partial charge in [0.1, 0.15) is 6.61 Å². The maximum Gasteiger partial charge on any atom is 0.407 e. The molecule has 2 aromatic rings. The number of carbonyl (C=O) groups excluding carboxylic acids is 1. The van der Waals surface area contributed by atoms with E-state index in [1.165, 1.54) is 0 Å². The third-order valence-corrected chi connectivity index (χ3v) is 2.32. The van der Waals surface area contributed by atoms with E-state index in [2.05, 4.69) is 33.1 Å². The van der Waals surface area contributed by atoms with Gasteiger partial charge in [0, 0.05) is 0 Å². The van der Waals surface area contributed by atoms with Crippen LogP contribution in [-0.4, -0.2) is 21.3 Å². The molecule has 2 rings (SSSR count). The average Bonchev–Trinajstić information content (AvgIpc) is 2.81. The quantitative estimate of drug-likeness (QED) is 0.731. The van der Waals surface area contributed by atoms with E-state index in [4.69, 9.17) is 4.74 Å². The van der Waals surface area contributed by atoms with E-state index in [-0.39, 0.29) is 13.2 Å². The van der Waals surface area contributed by atoms with Crippen LogP contribution < -0.4 is 5.32 Å². The number of aromatic amines is 1. The zero-order chi connectivity index (χ0) is 12.8. The molecule has 18 heavy (non-hydrogen) atoms. The summed E-state index contributed by atoms with van der Waals surface area (Å²) in [7, 11) is 0. The number of thiol groups is 1. The van der Waals surface area contributed by atoms with E-state index in [0.29, 0.717) is 11.0 Å². The predicted molar refractivity (Wildman–Crippen MR) is 67.1 cm³/mol. The van der Waals surface area contributed by atoms with Crippen molar-refractivity contribution < 1.29 is 9.53 Å². The number of nitrogens with zero attached hydrogens (tertiary/aromatic N) is 2. The summed E-state index contributed by atoms with van der Waals surface area (Å²) >= 11 is 3.97. The Morgan fingerprint density at radius 1 is 1.39 bits per heavy atom. The lowest BCUT2D eigenvalue weighted by Gasteiger charge is -2.05. The van der Waals surface area contributed by atoms with Gasteiger partial charge in [-0.15, -0.1) is 12.6 Å². The molecule has 0 atom stereocenters. The van der Waals surface area contributed by atoms with Gasteiger partial charge >= 0.3 is 6.09 Å². The van der Waals surface area contributed by atoms with Crippen LogP contribution in [0.3, 0.4) is 0 Å². The number of ether oxygens (including phenoxy) is 1. The number of hydrogen-bond donors (Lipinski definition) is 3. The summed E-state index contributed by atoms with van der Waals surface area (Å²) in [5, 5.41) is 9.33. The molecule has 0 unspecified atom stereocenters. The van der Waals surface area contributed by atoms with E-state index in [9.17, 15) is 4.79 Å². The summed E-state index contributed by atoms with van der Waals surface area (Å²) in [5.74, 6) is 0.455. The van der Waals surface area contributed by atoms with Gasteiger partial charge in [0.15, 0.2) is 11.0 Å². The minimum atomic E-state index is -0.510. The van der Waals surface area contributed by atoms with Crippen molar-refractivity contribution in [3.8, 4) is 0 Å². The number of benzene rings is 1. The van der Waals surface area contributed by atoms with Crippen LogP contribution in [0.1, 0.15) is 11.4 Å². The van der Waals surface area contributed by atoms with Crippen LogP contribution >= 0.6 is 12.6 Å². The standard InChI is InChI=1S/C11H12N4O2S/c16-11(12-6-9-13-10(18)15-14-9)17-7-8-4-2-1-3-5-8/h1-5H,6-7H2,(H,12,16)(H2,13,14,15,18). The molecule has 0 aliphatic rings. The third-order valence-electron chi connectivity index (χ3n) is 2.12. The van der Waals surface area contributed by atoms with Gasteiger partial charge in [-0.2, -0.15) is 5.10 Å². The number of alkyl carbamates (subject to hydrolysis) is 1. The number of hydrogen-bond acceptors (Lipinski definition) is 5. The molecule has 1 heterocycles. The average molecular weight is 264 g/mol. The van der Waals surface area contributed by atoms with E-state index in [1.54, 1.807) is 0 Å². The Labute approximate surface area is 109 Å². The minimum absolute atomic E-state index is 0.199. The number of carbonyl (C=O) groups is 1. The highest BCUT2D eigenvalue weighted by molar-refractivity contribution is 7.80. The molecule has 1 aromatic heterocycles. The molecule has 94 valence electrons. The van der Waals surface area contributed by atoms with Gasteiger partial charge < -0.3 is 10.1 Å². The van der Waals surface area contributed by atoms with Crippen molar-refractivity contribution >= 4 is 18.7 Å². The molecule has 2 N–H and O–H groups in total. The second kappa shape index (κ2) is 6.06. The predicted octanol–water partition coefficient (Wildman–Crippen LogP) is 1.52. The largest absolute Gasteiger partial charge is 0.445 e. The zero-order valence-electron chi connectivity index (χ0n) is 9.46. The summed E-state index contributed by atoms with van der Waals surface area (Å²) in [4.78, 5) is 15.3. The van der Waals surface area contributed by atoms with Crippen LogP contribution in [0.5, 0.6) is 0 Å². The van der Waals surface area contributed by atoms with Crippen molar-refractivity contribution in [2.24, 2.45) is 0 Å². The van der Waals surface area contributed by atoms with E-state index in [1.807, 2.05) is 30.3 Å². The van der Waals surface area contributed by atoms with Gasteiger partial charge in [-0.25, -0.2) is 9.78 Å². The number of nitrogens with one attached hydrogen (secondary N) is 2. The molecule has 0 spiro atoms. The fourth-order valence-electron chi connectivity index (χ4n) is 1.29. The first-order valence-corrected chi connectivity index (χ1v) is 5.73. The Kier molecular flexibility index (Phi) is 4.19. The highest BCUT2D eigenvalue weighted by atomic mass is 32.1. The molecule has 7 heteroatoms. The molecule has 1 aromatic carbocycles. The van der Waals surface area contributed by atoms with Gasteiger partial charge in [-0.05, 0) is 5.56 Å². The van der Waals surface area contributed by atoms with Gasteiger partial charge in [-0.1, -0.05) is 30.3 Å². The molecule has 0 aliphatic carbocycles. The zero-order valence-corrected chi connectivity index (χ0v) is 10.4. The van der Waals surface area contributed by atoms with Crippen LogP contribution in [0, 0.1) is 0 Å². The van der Waals surface area contributed by atoms with Gasteiger partial charge in [-0.3, -0.25) is 5.10 Å². The molecule has 0 fully saturated rings. The van der Waals surface area contributed by atoms with Crippen LogP contribution in [0.25, 0.3) is 0 Å². The first kappa shape index (κ1) is 12.4. The lowest BCUT2D eigenvalue weighted by molar-refractivity contribution is 0.139. The molecule has 0 radical (unpaired) electrons. The Balaban J connectivity index is 1.73. The highest BCUT2D eigenvalue weighted by Gasteiger charge is 2.05. The smallest absolute Gasteiger partial charge is 0.407 e. The van der Waals surface area contributed by atoms with E-state index < -0.39 is 6.09 Å². The Hall–Kier alpha value is -2.02. The Bertz CT molecular complexity index is 515. The molecule has 0 saturated heterocycles.